The van der Waals surface area contributed by atoms with Crippen LogP contribution >= 0.6 is 0 Å². The number of hydrogen-bond donors (Lipinski definition) is 2. The second kappa shape index (κ2) is 6.89. The van der Waals surface area contributed by atoms with Gasteiger partial charge in [-0.3, -0.25) is 9.78 Å². The van der Waals surface area contributed by atoms with Crippen LogP contribution in [0.2, 0.25) is 0 Å². The number of ether oxygens (including phenoxy) is 1. The van der Waals surface area contributed by atoms with E-state index in [0.29, 0.717) is 5.56 Å². The molecule has 0 bridgehead atoms. The topological polar surface area (TPSA) is 63.2 Å². The number of pyridine rings is 1. The Morgan fingerprint density at radius 1 is 1.26 bits per heavy atom. The smallest absolute Gasteiger partial charge is 0.253 e. The van der Waals surface area contributed by atoms with Gasteiger partial charge in [0.1, 0.15) is 0 Å². The molecule has 5 nitrogen and oxygen atoms in total. The maximum Gasteiger partial charge on any atom is 0.253 e. The number of carbonyl (C=O) groups excluding carboxylic acids is 1. The quantitative estimate of drug-likeness (QED) is 0.903. The van der Waals surface area contributed by atoms with E-state index >= 15 is 0 Å². The fourth-order valence-corrected chi connectivity index (χ4v) is 2.84. The van der Waals surface area contributed by atoms with Crippen molar-refractivity contribution in [1.29, 1.82) is 0 Å². The fourth-order valence-electron chi connectivity index (χ4n) is 2.84. The molecule has 1 fully saturated rings. The average Bonchev–Trinajstić information content (AvgIpc) is 3.02. The third-order valence-electron chi connectivity index (χ3n) is 4.13. The largest absolute Gasteiger partial charge is 0.378 e. The molecule has 1 aromatic carbocycles. The molecular weight excluding hydrogens is 290 g/mol. The molecule has 3 rings (SSSR count). The fraction of sp³-hybridized carbons (Fsp3) is 0.333. The highest BCUT2D eigenvalue weighted by atomic mass is 16.5. The molecule has 2 heterocycles. The van der Waals surface area contributed by atoms with Gasteiger partial charge in [-0.1, -0.05) is 29.8 Å². The molecule has 1 aliphatic rings. The van der Waals surface area contributed by atoms with E-state index in [2.05, 4.69) is 21.7 Å². The van der Waals surface area contributed by atoms with Gasteiger partial charge in [-0.25, -0.2) is 0 Å². The van der Waals surface area contributed by atoms with Crippen LogP contribution in [-0.4, -0.2) is 43.2 Å². The van der Waals surface area contributed by atoms with Gasteiger partial charge in [0.15, 0.2) is 0 Å². The van der Waals surface area contributed by atoms with Crippen LogP contribution < -0.4 is 10.6 Å². The van der Waals surface area contributed by atoms with E-state index in [9.17, 15) is 4.79 Å². The zero-order valence-corrected chi connectivity index (χ0v) is 13.4. The zero-order chi connectivity index (χ0) is 16.2. The number of aromatic nitrogens is 1. The predicted molar refractivity (Wildman–Crippen MR) is 89.3 cm³/mol. The van der Waals surface area contributed by atoms with Crippen molar-refractivity contribution in [2.24, 2.45) is 0 Å². The maximum atomic E-state index is 12.5. The minimum absolute atomic E-state index is 0.00636. The number of rotatable bonds is 4. The van der Waals surface area contributed by atoms with Crippen LogP contribution in [0.15, 0.2) is 42.7 Å². The Balaban J connectivity index is 1.78. The Labute approximate surface area is 136 Å². The van der Waals surface area contributed by atoms with E-state index in [1.54, 1.807) is 19.5 Å². The zero-order valence-electron chi connectivity index (χ0n) is 13.4. The van der Waals surface area contributed by atoms with Gasteiger partial charge in [0, 0.05) is 38.2 Å². The molecule has 1 amide bonds. The van der Waals surface area contributed by atoms with Gasteiger partial charge in [-0.15, -0.1) is 0 Å². The number of amides is 1. The Kier molecular flexibility index (Phi) is 4.69. The van der Waals surface area contributed by atoms with Crippen molar-refractivity contribution in [2.45, 2.75) is 19.1 Å². The molecule has 120 valence electrons. The number of hydrogen-bond acceptors (Lipinski definition) is 4. The molecule has 1 aromatic heterocycles. The summed E-state index contributed by atoms with van der Waals surface area (Å²) in [5, 5.41) is 6.24. The van der Waals surface area contributed by atoms with Gasteiger partial charge < -0.3 is 15.4 Å². The lowest BCUT2D eigenvalue weighted by atomic mass is 10.0. The summed E-state index contributed by atoms with van der Waals surface area (Å²) in [6.07, 6.45) is 3.38. The second-order valence-electron chi connectivity index (χ2n) is 5.84. The summed E-state index contributed by atoms with van der Waals surface area (Å²) in [6, 6.07) is 10.0. The summed E-state index contributed by atoms with van der Waals surface area (Å²) in [5.74, 6) is -0.122. The van der Waals surface area contributed by atoms with Gasteiger partial charge in [-0.05, 0) is 18.6 Å². The molecule has 5 heteroatoms. The third-order valence-corrected chi connectivity index (χ3v) is 4.13. The Morgan fingerprint density at radius 2 is 2.13 bits per heavy atom. The summed E-state index contributed by atoms with van der Waals surface area (Å²) in [5.41, 5.74) is 3.74. The molecule has 0 saturated carbocycles. The van der Waals surface area contributed by atoms with Gasteiger partial charge in [0.2, 0.25) is 0 Å². The SMILES string of the molecule is CO[C@H]1CNCC1NC(=O)c1cncc(-c2cccc(C)c2)c1. The summed E-state index contributed by atoms with van der Waals surface area (Å²) in [4.78, 5) is 16.7. The van der Waals surface area contributed by atoms with E-state index in [-0.39, 0.29) is 18.1 Å². The highest BCUT2D eigenvalue weighted by molar-refractivity contribution is 5.95. The van der Waals surface area contributed by atoms with Crippen LogP contribution in [0.3, 0.4) is 0 Å². The first-order chi connectivity index (χ1) is 11.2. The molecule has 1 unspecified atom stereocenters. The van der Waals surface area contributed by atoms with E-state index < -0.39 is 0 Å². The molecule has 0 radical (unpaired) electrons. The van der Waals surface area contributed by atoms with Crippen LogP contribution in [0.4, 0.5) is 0 Å². The lowest BCUT2D eigenvalue weighted by Gasteiger charge is -2.18. The first-order valence-electron chi connectivity index (χ1n) is 7.74. The Hall–Kier alpha value is -2.24. The molecular formula is C18H21N3O2. The lowest BCUT2D eigenvalue weighted by molar-refractivity contribution is 0.0779. The van der Waals surface area contributed by atoms with Crippen LogP contribution in [0.25, 0.3) is 11.1 Å². The maximum absolute atomic E-state index is 12.5. The summed E-state index contributed by atoms with van der Waals surface area (Å²) >= 11 is 0. The minimum atomic E-state index is -0.122. The number of carbonyl (C=O) groups is 1. The van der Waals surface area contributed by atoms with Gasteiger partial charge in [-0.2, -0.15) is 0 Å². The van der Waals surface area contributed by atoms with Crippen molar-refractivity contribution in [3.8, 4) is 11.1 Å². The molecule has 23 heavy (non-hydrogen) atoms. The molecule has 2 N–H and O–H groups in total. The number of nitrogens with one attached hydrogen (secondary N) is 2. The van der Waals surface area contributed by atoms with Crippen LogP contribution in [0.1, 0.15) is 15.9 Å². The normalized spacial score (nSPS) is 20.4. The van der Waals surface area contributed by atoms with Gasteiger partial charge in [0.05, 0.1) is 17.7 Å². The van der Waals surface area contributed by atoms with Crippen LogP contribution in [-0.2, 0) is 4.74 Å². The van der Waals surface area contributed by atoms with E-state index in [0.717, 1.165) is 24.2 Å². The molecule has 0 aliphatic carbocycles. The number of benzene rings is 1. The second-order valence-corrected chi connectivity index (χ2v) is 5.84. The molecule has 2 aromatic rings. The summed E-state index contributed by atoms with van der Waals surface area (Å²) < 4.78 is 5.37. The molecule has 1 aliphatic heterocycles. The first-order valence-corrected chi connectivity index (χ1v) is 7.74. The monoisotopic (exact) mass is 311 g/mol. The highest BCUT2D eigenvalue weighted by Crippen LogP contribution is 2.20. The van der Waals surface area contributed by atoms with E-state index in [1.165, 1.54) is 5.56 Å². The Bertz CT molecular complexity index is 702. The summed E-state index contributed by atoms with van der Waals surface area (Å²) in [6.45, 7) is 3.52. The number of methoxy groups -OCH3 is 1. The molecule has 0 spiro atoms. The van der Waals surface area contributed by atoms with Crippen molar-refractivity contribution in [2.75, 3.05) is 20.2 Å². The van der Waals surface area contributed by atoms with Crippen molar-refractivity contribution >= 4 is 5.91 Å². The van der Waals surface area contributed by atoms with Gasteiger partial charge >= 0.3 is 0 Å². The number of nitrogens with zero attached hydrogens (tertiary/aromatic N) is 1. The minimum Gasteiger partial charge on any atom is -0.378 e. The molecule has 1 saturated heterocycles. The first kappa shape index (κ1) is 15.6. The Morgan fingerprint density at radius 3 is 2.91 bits per heavy atom. The van der Waals surface area contributed by atoms with Crippen LogP contribution in [0.5, 0.6) is 0 Å². The van der Waals surface area contributed by atoms with Crippen molar-refractivity contribution in [1.82, 2.24) is 15.6 Å². The van der Waals surface area contributed by atoms with Crippen molar-refractivity contribution < 1.29 is 9.53 Å². The standard InChI is InChI=1S/C18H21N3O2/c1-12-4-3-5-13(6-12)14-7-15(9-19-8-14)18(22)21-16-10-20-11-17(16)23-2/h3-9,16-17,20H,10-11H2,1-2H3,(H,21,22)/t16?,17-/m0/s1. The van der Waals surface area contributed by atoms with Gasteiger partial charge in [0.25, 0.3) is 5.91 Å². The van der Waals surface area contributed by atoms with E-state index in [1.807, 2.05) is 31.2 Å². The van der Waals surface area contributed by atoms with Crippen LogP contribution in [0, 0.1) is 6.92 Å². The van der Waals surface area contributed by atoms with E-state index in [4.69, 9.17) is 4.74 Å². The molecule has 2 atom stereocenters. The average molecular weight is 311 g/mol. The third kappa shape index (κ3) is 3.57. The predicted octanol–water partition coefficient (Wildman–Crippen LogP) is 1.77. The summed E-state index contributed by atoms with van der Waals surface area (Å²) in [7, 11) is 1.66. The number of aryl methyl sites for hydroxylation is 1. The van der Waals surface area contributed by atoms with Crippen molar-refractivity contribution in [3.05, 3.63) is 53.9 Å². The lowest BCUT2D eigenvalue weighted by Crippen LogP contribution is -2.43. The van der Waals surface area contributed by atoms with Crippen molar-refractivity contribution in [3.63, 3.8) is 0 Å². The highest BCUT2D eigenvalue weighted by Gasteiger charge is 2.28.